The molecule has 1 aromatic rings. The van der Waals surface area contributed by atoms with Crippen molar-refractivity contribution in [3.8, 4) is 5.75 Å². The molecule has 2 nitrogen and oxygen atoms in total. The van der Waals surface area contributed by atoms with E-state index in [-0.39, 0.29) is 5.60 Å². The predicted molar refractivity (Wildman–Crippen MR) is 63.3 cm³/mol. The fourth-order valence-corrected chi connectivity index (χ4v) is 2.96. The molecule has 0 radical (unpaired) electrons. The first kappa shape index (κ1) is 9.55. The van der Waals surface area contributed by atoms with Crippen LogP contribution in [0.25, 0.3) is 0 Å². The lowest BCUT2D eigenvalue weighted by molar-refractivity contribution is 0.129. The quantitative estimate of drug-likeness (QED) is 0.827. The van der Waals surface area contributed by atoms with Crippen molar-refractivity contribution in [2.45, 2.75) is 25.6 Å². The number of benzene rings is 1. The van der Waals surface area contributed by atoms with Crippen molar-refractivity contribution in [1.82, 2.24) is 5.32 Å². The second-order valence-electron chi connectivity index (χ2n) is 4.58. The van der Waals surface area contributed by atoms with Gasteiger partial charge in [0.15, 0.2) is 0 Å². The second kappa shape index (κ2) is 3.42. The summed E-state index contributed by atoms with van der Waals surface area (Å²) in [5, 5.41) is 3.35. The zero-order valence-electron chi connectivity index (χ0n) is 8.88. The van der Waals surface area contributed by atoms with Crippen LogP contribution < -0.4 is 10.1 Å². The third kappa shape index (κ3) is 1.74. The van der Waals surface area contributed by atoms with Gasteiger partial charge in [-0.15, -0.1) is 0 Å². The van der Waals surface area contributed by atoms with E-state index in [2.05, 4.69) is 30.4 Å². The molecule has 0 atom stereocenters. The molecule has 0 aromatic heterocycles. The van der Waals surface area contributed by atoms with Crippen LogP contribution in [0.2, 0.25) is 0 Å². The summed E-state index contributed by atoms with van der Waals surface area (Å²) in [5.74, 6) is 3.25. The summed E-state index contributed by atoms with van der Waals surface area (Å²) < 4.78 is 6.01. The summed E-state index contributed by atoms with van der Waals surface area (Å²) in [5.41, 5.74) is 2.88. The minimum Gasteiger partial charge on any atom is -0.486 e. The largest absolute Gasteiger partial charge is 0.486 e. The van der Waals surface area contributed by atoms with Crippen molar-refractivity contribution in [2.75, 3.05) is 11.5 Å². The average Bonchev–Trinajstić information content (AvgIpc) is 2.62. The van der Waals surface area contributed by atoms with Crippen molar-refractivity contribution in [2.24, 2.45) is 0 Å². The third-order valence-corrected chi connectivity index (χ3v) is 4.62. The third-order valence-electron chi connectivity index (χ3n) is 2.99. The Hall–Kier alpha value is -0.670. The van der Waals surface area contributed by atoms with E-state index in [9.17, 15) is 0 Å². The van der Waals surface area contributed by atoms with E-state index < -0.39 is 0 Å². The summed E-state index contributed by atoms with van der Waals surface area (Å²) in [6.45, 7) is 4.18. The van der Waals surface area contributed by atoms with Gasteiger partial charge in [-0.05, 0) is 30.2 Å². The monoisotopic (exact) mass is 221 g/mol. The molecule has 2 heterocycles. The van der Waals surface area contributed by atoms with E-state index in [0.717, 1.165) is 30.3 Å². The molecule has 0 bridgehead atoms. The molecule has 80 valence electrons. The van der Waals surface area contributed by atoms with Crippen LogP contribution in [0.5, 0.6) is 5.75 Å². The van der Waals surface area contributed by atoms with Gasteiger partial charge in [-0.25, -0.2) is 0 Å². The van der Waals surface area contributed by atoms with Gasteiger partial charge < -0.3 is 10.1 Å². The first-order valence-electron chi connectivity index (χ1n) is 5.34. The molecule has 2 aliphatic rings. The molecule has 3 heteroatoms. The van der Waals surface area contributed by atoms with Gasteiger partial charge in [0.2, 0.25) is 0 Å². The highest BCUT2D eigenvalue weighted by Crippen LogP contribution is 2.34. The van der Waals surface area contributed by atoms with Gasteiger partial charge in [0.1, 0.15) is 11.4 Å². The topological polar surface area (TPSA) is 21.3 Å². The van der Waals surface area contributed by atoms with Crippen molar-refractivity contribution >= 4 is 11.8 Å². The van der Waals surface area contributed by atoms with Gasteiger partial charge in [0, 0.05) is 24.6 Å². The summed E-state index contributed by atoms with van der Waals surface area (Å²) in [6, 6.07) is 6.46. The molecule has 2 aliphatic heterocycles. The lowest BCUT2D eigenvalue weighted by Crippen LogP contribution is -2.45. The van der Waals surface area contributed by atoms with Crippen LogP contribution in [0, 0.1) is 0 Å². The average molecular weight is 221 g/mol. The maximum atomic E-state index is 6.01. The van der Waals surface area contributed by atoms with Crippen molar-refractivity contribution in [3.05, 3.63) is 29.3 Å². The number of thioether (sulfide) groups is 1. The molecule has 0 aliphatic carbocycles. The van der Waals surface area contributed by atoms with E-state index >= 15 is 0 Å². The molecular weight excluding hydrogens is 206 g/mol. The molecule has 0 spiro atoms. The zero-order valence-corrected chi connectivity index (χ0v) is 9.69. The summed E-state index contributed by atoms with van der Waals surface area (Å²) in [4.78, 5) is 0. The fourth-order valence-electron chi connectivity index (χ4n) is 2.07. The lowest BCUT2D eigenvalue weighted by Gasteiger charge is -2.37. The van der Waals surface area contributed by atoms with E-state index in [0.29, 0.717) is 0 Å². The number of hydrogen-bond donors (Lipinski definition) is 1. The smallest absolute Gasteiger partial charge is 0.124 e. The number of nitrogens with one attached hydrogen (secondary N) is 1. The van der Waals surface area contributed by atoms with Crippen LogP contribution in [0.3, 0.4) is 0 Å². The first-order chi connectivity index (χ1) is 7.25. The van der Waals surface area contributed by atoms with Crippen molar-refractivity contribution in [1.29, 1.82) is 0 Å². The molecule has 15 heavy (non-hydrogen) atoms. The molecule has 1 fully saturated rings. The maximum absolute atomic E-state index is 6.01. The molecule has 1 N–H and O–H groups in total. The molecule has 1 saturated heterocycles. The van der Waals surface area contributed by atoms with E-state index in [1.165, 1.54) is 11.1 Å². The zero-order chi connectivity index (χ0) is 10.3. The SMILES string of the molecule is CC1(Oc2ccc3c(c2)CNC3)CSC1. The normalized spacial score (nSPS) is 21.9. The van der Waals surface area contributed by atoms with Gasteiger partial charge in [-0.1, -0.05) is 6.07 Å². The van der Waals surface area contributed by atoms with Gasteiger partial charge in [-0.2, -0.15) is 11.8 Å². The van der Waals surface area contributed by atoms with E-state index in [1.807, 2.05) is 11.8 Å². The standard InChI is InChI=1S/C12H15NOS/c1-12(7-15-8-12)14-11-3-2-9-5-13-6-10(9)4-11/h2-4,13H,5-8H2,1H3. The van der Waals surface area contributed by atoms with Crippen LogP contribution in [0.1, 0.15) is 18.1 Å². The highest BCUT2D eigenvalue weighted by molar-refractivity contribution is 8.00. The number of hydrogen-bond acceptors (Lipinski definition) is 3. The Morgan fingerprint density at radius 3 is 2.80 bits per heavy atom. The molecule has 0 saturated carbocycles. The van der Waals surface area contributed by atoms with Crippen molar-refractivity contribution < 1.29 is 4.74 Å². The predicted octanol–water partition coefficient (Wildman–Crippen LogP) is 2.17. The Morgan fingerprint density at radius 1 is 1.27 bits per heavy atom. The molecule has 3 rings (SSSR count). The highest BCUT2D eigenvalue weighted by atomic mass is 32.2. The van der Waals surface area contributed by atoms with Crippen LogP contribution in [-0.4, -0.2) is 17.1 Å². The lowest BCUT2D eigenvalue weighted by atomic mass is 10.1. The number of rotatable bonds is 2. The van der Waals surface area contributed by atoms with Gasteiger partial charge in [0.25, 0.3) is 0 Å². The number of ether oxygens (including phenoxy) is 1. The van der Waals surface area contributed by atoms with Gasteiger partial charge in [-0.3, -0.25) is 0 Å². The Morgan fingerprint density at radius 2 is 2.07 bits per heavy atom. The molecular formula is C12H15NOS. The summed E-state index contributed by atoms with van der Waals surface area (Å²) >= 11 is 1.95. The van der Waals surface area contributed by atoms with Crippen molar-refractivity contribution in [3.63, 3.8) is 0 Å². The number of fused-ring (bicyclic) bond motifs is 1. The molecule has 0 amide bonds. The summed E-state index contributed by atoms with van der Waals surface area (Å²) in [6.07, 6.45) is 0. The fraction of sp³-hybridized carbons (Fsp3) is 0.500. The Kier molecular flexibility index (Phi) is 2.18. The van der Waals surface area contributed by atoms with Crippen LogP contribution in [0.15, 0.2) is 18.2 Å². The van der Waals surface area contributed by atoms with Gasteiger partial charge >= 0.3 is 0 Å². The highest BCUT2D eigenvalue weighted by Gasteiger charge is 2.35. The summed E-state index contributed by atoms with van der Waals surface area (Å²) in [7, 11) is 0. The van der Waals surface area contributed by atoms with Gasteiger partial charge in [0.05, 0.1) is 0 Å². The van der Waals surface area contributed by atoms with Crippen LogP contribution >= 0.6 is 11.8 Å². The Labute approximate surface area is 94.4 Å². The maximum Gasteiger partial charge on any atom is 0.124 e. The second-order valence-corrected chi connectivity index (χ2v) is 5.56. The Balaban J connectivity index is 1.81. The minimum atomic E-state index is 0.0743. The van der Waals surface area contributed by atoms with E-state index in [4.69, 9.17) is 4.74 Å². The minimum absolute atomic E-state index is 0.0743. The van der Waals surface area contributed by atoms with E-state index in [1.54, 1.807) is 0 Å². The molecule has 1 aromatic carbocycles. The Bertz CT molecular complexity index is 387. The van der Waals surface area contributed by atoms with Crippen LogP contribution in [0.4, 0.5) is 0 Å². The van der Waals surface area contributed by atoms with Crippen LogP contribution in [-0.2, 0) is 13.1 Å². The first-order valence-corrected chi connectivity index (χ1v) is 6.50. The molecule has 0 unspecified atom stereocenters.